The summed E-state index contributed by atoms with van der Waals surface area (Å²) in [5, 5.41) is 6.39. The van der Waals surface area contributed by atoms with Gasteiger partial charge in [-0.15, -0.1) is 0 Å². The third kappa shape index (κ3) is 3.68. The highest BCUT2D eigenvalue weighted by atomic mass is 32.1. The zero-order valence-electron chi connectivity index (χ0n) is 11.4. The van der Waals surface area contributed by atoms with Crippen LogP contribution in [0.1, 0.15) is 15.9 Å². The molecule has 0 atom stereocenters. The zero-order valence-corrected chi connectivity index (χ0v) is 12.2. The fraction of sp³-hybridized carbons (Fsp3) is 0.200. The highest BCUT2D eigenvalue weighted by Crippen LogP contribution is 2.10. The Hall–Kier alpha value is -2.14. The molecule has 104 valence electrons. The van der Waals surface area contributed by atoms with Crippen molar-refractivity contribution in [3.8, 4) is 0 Å². The van der Waals surface area contributed by atoms with Crippen molar-refractivity contribution in [2.24, 2.45) is 0 Å². The van der Waals surface area contributed by atoms with Gasteiger partial charge in [0, 0.05) is 18.1 Å². The Bertz CT molecular complexity index is 591. The van der Waals surface area contributed by atoms with Crippen molar-refractivity contribution in [1.29, 1.82) is 0 Å². The first-order valence-corrected chi connectivity index (χ1v) is 7.15. The van der Waals surface area contributed by atoms with E-state index in [9.17, 15) is 9.59 Å². The number of thiophene rings is 1. The number of hydrogen-bond donors (Lipinski definition) is 1. The maximum Gasteiger partial charge on any atom is 0.254 e. The van der Waals surface area contributed by atoms with Crippen LogP contribution in [0, 0.1) is 6.92 Å². The lowest BCUT2D eigenvalue weighted by Gasteiger charge is -2.16. The Morgan fingerprint density at radius 3 is 2.50 bits per heavy atom. The van der Waals surface area contributed by atoms with Crippen LogP contribution >= 0.6 is 11.3 Å². The molecule has 0 spiro atoms. The first kappa shape index (κ1) is 14.3. The molecule has 2 amide bonds. The number of anilines is 1. The van der Waals surface area contributed by atoms with Gasteiger partial charge in [0.15, 0.2) is 0 Å². The highest BCUT2D eigenvalue weighted by Gasteiger charge is 2.15. The first-order chi connectivity index (χ1) is 9.56. The Balaban J connectivity index is 1.91. The fourth-order valence-electron chi connectivity index (χ4n) is 1.73. The van der Waals surface area contributed by atoms with Gasteiger partial charge in [-0.2, -0.15) is 11.3 Å². The van der Waals surface area contributed by atoms with E-state index >= 15 is 0 Å². The normalized spacial score (nSPS) is 10.1. The summed E-state index contributed by atoms with van der Waals surface area (Å²) >= 11 is 1.46. The minimum absolute atomic E-state index is 0.0303. The first-order valence-electron chi connectivity index (χ1n) is 6.20. The molecule has 20 heavy (non-hydrogen) atoms. The van der Waals surface area contributed by atoms with Gasteiger partial charge in [-0.05, 0) is 30.5 Å². The van der Waals surface area contributed by atoms with Crippen molar-refractivity contribution in [1.82, 2.24) is 4.90 Å². The molecule has 0 saturated carbocycles. The van der Waals surface area contributed by atoms with Gasteiger partial charge >= 0.3 is 0 Å². The number of aryl methyl sites for hydroxylation is 1. The number of carbonyl (C=O) groups is 2. The number of benzene rings is 1. The van der Waals surface area contributed by atoms with Gasteiger partial charge in [-0.3, -0.25) is 9.59 Å². The Morgan fingerprint density at radius 1 is 1.20 bits per heavy atom. The number of nitrogens with one attached hydrogen (secondary N) is 1. The maximum absolute atomic E-state index is 12.0. The summed E-state index contributed by atoms with van der Waals surface area (Å²) in [6, 6.07) is 9.29. The van der Waals surface area contributed by atoms with Gasteiger partial charge in [0.05, 0.1) is 12.1 Å². The molecule has 5 heteroatoms. The van der Waals surface area contributed by atoms with Crippen LogP contribution < -0.4 is 5.32 Å². The minimum atomic E-state index is -0.208. The topological polar surface area (TPSA) is 49.4 Å². The van der Waals surface area contributed by atoms with E-state index in [1.807, 2.05) is 36.6 Å². The second kappa shape index (κ2) is 6.34. The predicted octanol–water partition coefficient (Wildman–Crippen LogP) is 2.77. The molecule has 0 aliphatic heterocycles. The van der Waals surface area contributed by atoms with Gasteiger partial charge in [0.2, 0.25) is 5.91 Å². The van der Waals surface area contributed by atoms with Crippen molar-refractivity contribution in [2.45, 2.75) is 6.92 Å². The highest BCUT2D eigenvalue weighted by molar-refractivity contribution is 7.08. The molecule has 0 fully saturated rings. The van der Waals surface area contributed by atoms with Crippen LogP contribution in [0.2, 0.25) is 0 Å². The van der Waals surface area contributed by atoms with Gasteiger partial charge < -0.3 is 10.2 Å². The molecule has 0 saturated heterocycles. The van der Waals surface area contributed by atoms with Crippen LogP contribution in [-0.2, 0) is 4.79 Å². The molecule has 0 unspecified atom stereocenters. The molecule has 0 aliphatic rings. The van der Waals surface area contributed by atoms with E-state index < -0.39 is 0 Å². The van der Waals surface area contributed by atoms with Crippen LogP contribution in [-0.4, -0.2) is 30.3 Å². The molecule has 0 bridgehead atoms. The van der Waals surface area contributed by atoms with Crippen molar-refractivity contribution in [2.75, 3.05) is 18.9 Å². The van der Waals surface area contributed by atoms with Crippen LogP contribution in [0.3, 0.4) is 0 Å². The molecule has 4 nitrogen and oxygen atoms in total. The third-order valence-electron chi connectivity index (χ3n) is 2.83. The van der Waals surface area contributed by atoms with E-state index in [4.69, 9.17) is 0 Å². The third-order valence-corrected chi connectivity index (χ3v) is 3.51. The summed E-state index contributed by atoms with van der Waals surface area (Å²) in [7, 11) is 1.62. The number of likely N-dealkylation sites (N-methyl/N-ethyl adjacent to an activating group) is 1. The second-order valence-electron chi connectivity index (χ2n) is 4.59. The van der Waals surface area contributed by atoms with Gasteiger partial charge in [-0.1, -0.05) is 17.7 Å². The number of carbonyl (C=O) groups excluding carboxylic acids is 2. The van der Waals surface area contributed by atoms with Crippen LogP contribution in [0.5, 0.6) is 0 Å². The average molecular weight is 288 g/mol. The molecule has 0 aliphatic carbocycles. The molecule has 2 aromatic rings. The van der Waals surface area contributed by atoms with Crippen LogP contribution in [0.15, 0.2) is 41.1 Å². The second-order valence-corrected chi connectivity index (χ2v) is 5.37. The Morgan fingerprint density at radius 2 is 1.90 bits per heavy atom. The summed E-state index contributed by atoms with van der Waals surface area (Å²) in [5.74, 6) is -0.356. The predicted molar refractivity (Wildman–Crippen MR) is 81.1 cm³/mol. The summed E-state index contributed by atoms with van der Waals surface area (Å²) in [6.07, 6.45) is 0. The van der Waals surface area contributed by atoms with Gasteiger partial charge in [0.1, 0.15) is 0 Å². The quantitative estimate of drug-likeness (QED) is 0.940. The molecule has 2 rings (SSSR count). The van der Waals surface area contributed by atoms with E-state index in [1.165, 1.54) is 16.2 Å². The molecule has 0 radical (unpaired) electrons. The maximum atomic E-state index is 12.0. The van der Waals surface area contributed by atoms with Crippen LogP contribution in [0.25, 0.3) is 0 Å². The van der Waals surface area contributed by atoms with Crippen molar-refractivity contribution >= 4 is 28.8 Å². The van der Waals surface area contributed by atoms with E-state index in [2.05, 4.69) is 5.32 Å². The van der Waals surface area contributed by atoms with Crippen molar-refractivity contribution in [3.05, 3.63) is 52.2 Å². The summed E-state index contributed by atoms with van der Waals surface area (Å²) in [5.41, 5.74) is 2.48. The summed E-state index contributed by atoms with van der Waals surface area (Å²) in [4.78, 5) is 25.3. The van der Waals surface area contributed by atoms with Gasteiger partial charge in [-0.25, -0.2) is 0 Å². The lowest BCUT2D eigenvalue weighted by Crippen LogP contribution is -2.34. The van der Waals surface area contributed by atoms with Crippen LogP contribution in [0.4, 0.5) is 5.69 Å². The van der Waals surface area contributed by atoms with E-state index in [-0.39, 0.29) is 18.4 Å². The Kier molecular flexibility index (Phi) is 4.53. The molecular formula is C15H16N2O2S. The molecular weight excluding hydrogens is 272 g/mol. The molecule has 1 aromatic heterocycles. The molecule has 1 N–H and O–H groups in total. The van der Waals surface area contributed by atoms with Crippen molar-refractivity contribution in [3.63, 3.8) is 0 Å². The average Bonchev–Trinajstić information content (AvgIpc) is 2.94. The Labute approximate surface area is 122 Å². The molecule has 1 aromatic carbocycles. The number of hydrogen-bond acceptors (Lipinski definition) is 3. The largest absolute Gasteiger partial charge is 0.332 e. The van der Waals surface area contributed by atoms with E-state index in [0.717, 1.165) is 11.3 Å². The lowest BCUT2D eigenvalue weighted by molar-refractivity contribution is -0.116. The number of nitrogens with zero attached hydrogens (tertiary/aromatic N) is 1. The number of amides is 2. The smallest absolute Gasteiger partial charge is 0.254 e. The lowest BCUT2D eigenvalue weighted by atomic mass is 10.2. The molecule has 1 heterocycles. The number of rotatable bonds is 4. The standard InChI is InChI=1S/C15H16N2O2S/c1-11-3-5-13(6-4-11)16-14(18)9-17(2)15(19)12-7-8-20-10-12/h3-8,10H,9H2,1-2H3,(H,16,18). The van der Waals surface area contributed by atoms with E-state index in [0.29, 0.717) is 5.56 Å². The minimum Gasteiger partial charge on any atom is -0.332 e. The summed E-state index contributed by atoms with van der Waals surface area (Å²) in [6.45, 7) is 2.02. The van der Waals surface area contributed by atoms with E-state index in [1.54, 1.807) is 18.5 Å². The van der Waals surface area contributed by atoms with Gasteiger partial charge in [0.25, 0.3) is 5.91 Å². The summed E-state index contributed by atoms with van der Waals surface area (Å²) < 4.78 is 0. The monoisotopic (exact) mass is 288 g/mol. The SMILES string of the molecule is Cc1ccc(NC(=O)CN(C)C(=O)c2ccsc2)cc1. The van der Waals surface area contributed by atoms with Crippen molar-refractivity contribution < 1.29 is 9.59 Å². The zero-order chi connectivity index (χ0) is 14.5. The fourth-order valence-corrected chi connectivity index (χ4v) is 2.36.